The van der Waals surface area contributed by atoms with Gasteiger partial charge in [0.15, 0.2) is 0 Å². The van der Waals surface area contributed by atoms with Crippen molar-refractivity contribution < 1.29 is 13.9 Å². The molecular weight excluding hydrogens is 234 g/mol. The summed E-state index contributed by atoms with van der Waals surface area (Å²) in [6.45, 7) is 4.44. The predicted molar refractivity (Wildman–Crippen MR) is 63.2 cm³/mol. The van der Waals surface area contributed by atoms with Crippen molar-refractivity contribution in [3.05, 3.63) is 35.8 Å². The Kier molecular flexibility index (Phi) is 3.76. The topological polar surface area (TPSA) is 70.2 Å². The fourth-order valence-corrected chi connectivity index (χ4v) is 1.58. The summed E-state index contributed by atoms with van der Waals surface area (Å²) in [6, 6.07) is 3.48. The molecule has 0 fully saturated rings. The van der Waals surface area contributed by atoms with Crippen molar-refractivity contribution in [3.8, 4) is 0 Å². The molecule has 2 aromatic heterocycles. The van der Waals surface area contributed by atoms with Gasteiger partial charge in [0, 0.05) is 12.6 Å². The molecule has 0 radical (unpaired) electrons. The van der Waals surface area contributed by atoms with Crippen LogP contribution in [0.2, 0.25) is 0 Å². The summed E-state index contributed by atoms with van der Waals surface area (Å²) in [7, 11) is 0. The Bertz CT molecular complexity index is 530. The SMILES string of the molecule is CCOC(=O)c1cccn1Cc1nnc(CC)o1. The maximum atomic E-state index is 11.7. The van der Waals surface area contributed by atoms with Crippen molar-refractivity contribution in [1.29, 1.82) is 0 Å². The molecule has 0 aliphatic rings. The summed E-state index contributed by atoms with van der Waals surface area (Å²) >= 11 is 0. The molecule has 0 amide bonds. The number of aryl methyl sites for hydroxylation is 1. The molecule has 0 aliphatic carbocycles. The van der Waals surface area contributed by atoms with E-state index in [4.69, 9.17) is 9.15 Å². The lowest BCUT2D eigenvalue weighted by molar-refractivity contribution is 0.0514. The molecule has 0 spiro atoms. The number of carbonyl (C=O) groups is 1. The molecule has 0 saturated carbocycles. The van der Waals surface area contributed by atoms with E-state index < -0.39 is 0 Å². The minimum Gasteiger partial charge on any atom is -0.461 e. The molecule has 0 aliphatic heterocycles. The summed E-state index contributed by atoms with van der Waals surface area (Å²) in [5.41, 5.74) is 0.480. The molecule has 0 aromatic carbocycles. The zero-order valence-electron chi connectivity index (χ0n) is 10.4. The summed E-state index contributed by atoms with van der Waals surface area (Å²) in [4.78, 5) is 11.7. The number of nitrogens with zero attached hydrogens (tertiary/aromatic N) is 3. The minimum atomic E-state index is -0.349. The van der Waals surface area contributed by atoms with Crippen LogP contribution in [-0.2, 0) is 17.7 Å². The third-order valence-corrected chi connectivity index (χ3v) is 2.43. The highest BCUT2D eigenvalue weighted by molar-refractivity contribution is 5.87. The number of ether oxygens (including phenoxy) is 1. The van der Waals surface area contributed by atoms with E-state index in [9.17, 15) is 4.79 Å². The largest absolute Gasteiger partial charge is 0.461 e. The van der Waals surface area contributed by atoms with E-state index in [1.54, 1.807) is 29.8 Å². The van der Waals surface area contributed by atoms with Gasteiger partial charge in [-0.3, -0.25) is 0 Å². The molecule has 96 valence electrons. The Morgan fingerprint density at radius 1 is 1.39 bits per heavy atom. The van der Waals surface area contributed by atoms with Crippen LogP contribution in [0.15, 0.2) is 22.7 Å². The lowest BCUT2D eigenvalue weighted by Crippen LogP contribution is -2.12. The average Bonchev–Trinajstić information content (AvgIpc) is 2.99. The van der Waals surface area contributed by atoms with Gasteiger partial charge in [-0.2, -0.15) is 0 Å². The Morgan fingerprint density at radius 3 is 2.83 bits per heavy atom. The Morgan fingerprint density at radius 2 is 2.17 bits per heavy atom. The first-order chi connectivity index (χ1) is 8.74. The second kappa shape index (κ2) is 5.48. The molecule has 2 rings (SSSR count). The maximum absolute atomic E-state index is 11.7. The third kappa shape index (κ3) is 2.58. The van der Waals surface area contributed by atoms with Gasteiger partial charge < -0.3 is 13.7 Å². The van der Waals surface area contributed by atoms with Gasteiger partial charge in [-0.05, 0) is 19.1 Å². The second-order valence-corrected chi connectivity index (χ2v) is 3.68. The smallest absolute Gasteiger partial charge is 0.354 e. The third-order valence-electron chi connectivity index (χ3n) is 2.43. The van der Waals surface area contributed by atoms with Crippen molar-refractivity contribution in [3.63, 3.8) is 0 Å². The highest BCUT2D eigenvalue weighted by Crippen LogP contribution is 2.09. The molecule has 2 aromatic rings. The Labute approximate surface area is 105 Å². The van der Waals surface area contributed by atoms with Crippen LogP contribution in [0.25, 0.3) is 0 Å². The predicted octanol–water partition coefficient (Wildman–Crippen LogP) is 1.66. The number of esters is 1. The number of hydrogen-bond acceptors (Lipinski definition) is 5. The minimum absolute atomic E-state index is 0.349. The first kappa shape index (κ1) is 12.3. The summed E-state index contributed by atoms with van der Waals surface area (Å²) in [5, 5.41) is 7.80. The van der Waals surface area contributed by atoms with Gasteiger partial charge in [0.2, 0.25) is 11.8 Å². The molecule has 6 nitrogen and oxygen atoms in total. The van der Waals surface area contributed by atoms with Crippen molar-refractivity contribution in [1.82, 2.24) is 14.8 Å². The lowest BCUT2D eigenvalue weighted by atomic mass is 10.4. The Balaban J connectivity index is 2.14. The van der Waals surface area contributed by atoms with Gasteiger partial charge in [0.1, 0.15) is 12.2 Å². The number of hydrogen-bond donors (Lipinski definition) is 0. The van der Waals surface area contributed by atoms with Gasteiger partial charge in [0.05, 0.1) is 6.61 Å². The van der Waals surface area contributed by atoms with Crippen LogP contribution in [0.3, 0.4) is 0 Å². The fourth-order valence-electron chi connectivity index (χ4n) is 1.58. The van der Waals surface area contributed by atoms with Gasteiger partial charge in [-0.15, -0.1) is 10.2 Å². The zero-order chi connectivity index (χ0) is 13.0. The van der Waals surface area contributed by atoms with E-state index in [1.165, 1.54) is 0 Å². The highest BCUT2D eigenvalue weighted by atomic mass is 16.5. The zero-order valence-corrected chi connectivity index (χ0v) is 10.4. The van der Waals surface area contributed by atoms with Crippen LogP contribution < -0.4 is 0 Å². The Hall–Kier alpha value is -2.11. The van der Waals surface area contributed by atoms with Crippen LogP contribution in [0.1, 0.15) is 36.1 Å². The van der Waals surface area contributed by atoms with E-state index in [1.807, 2.05) is 6.92 Å². The number of rotatable bonds is 5. The standard InChI is InChI=1S/C12H15N3O3/c1-3-10-13-14-11(18-10)8-15-7-5-6-9(15)12(16)17-4-2/h5-7H,3-4,8H2,1-2H3. The van der Waals surface area contributed by atoms with Crippen molar-refractivity contribution in [2.45, 2.75) is 26.8 Å². The molecule has 0 saturated heterocycles. The molecule has 2 heterocycles. The van der Waals surface area contributed by atoms with Crippen LogP contribution in [0.4, 0.5) is 0 Å². The normalized spacial score (nSPS) is 10.6. The van der Waals surface area contributed by atoms with Gasteiger partial charge in [-0.1, -0.05) is 6.92 Å². The van der Waals surface area contributed by atoms with Crippen molar-refractivity contribution in [2.24, 2.45) is 0 Å². The first-order valence-electron chi connectivity index (χ1n) is 5.88. The molecule has 0 N–H and O–H groups in total. The van der Waals surface area contributed by atoms with E-state index in [0.29, 0.717) is 37.0 Å². The van der Waals surface area contributed by atoms with Crippen LogP contribution in [0, 0.1) is 0 Å². The first-order valence-corrected chi connectivity index (χ1v) is 5.88. The van der Waals surface area contributed by atoms with Crippen molar-refractivity contribution in [2.75, 3.05) is 6.61 Å². The average molecular weight is 249 g/mol. The van der Waals surface area contributed by atoms with Crippen LogP contribution >= 0.6 is 0 Å². The summed E-state index contributed by atoms with van der Waals surface area (Å²) in [6.07, 6.45) is 2.48. The van der Waals surface area contributed by atoms with Crippen molar-refractivity contribution >= 4 is 5.97 Å². The maximum Gasteiger partial charge on any atom is 0.354 e. The van der Waals surface area contributed by atoms with Crippen LogP contribution in [-0.4, -0.2) is 27.3 Å². The number of aromatic nitrogens is 3. The van der Waals surface area contributed by atoms with E-state index in [0.717, 1.165) is 0 Å². The second-order valence-electron chi connectivity index (χ2n) is 3.68. The fraction of sp³-hybridized carbons (Fsp3) is 0.417. The summed E-state index contributed by atoms with van der Waals surface area (Å²) < 4.78 is 12.1. The van der Waals surface area contributed by atoms with Crippen LogP contribution in [0.5, 0.6) is 0 Å². The van der Waals surface area contributed by atoms with E-state index >= 15 is 0 Å². The molecule has 0 unspecified atom stereocenters. The molecule has 6 heteroatoms. The molecule has 18 heavy (non-hydrogen) atoms. The quantitative estimate of drug-likeness (QED) is 0.754. The van der Waals surface area contributed by atoms with Gasteiger partial charge >= 0.3 is 5.97 Å². The van der Waals surface area contributed by atoms with Gasteiger partial charge in [-0.25, -0.2) is 4.79 Å². The molecule has 0 atom stereocenters. The summed E-state index contributed by atoms with van der Waals surface area (Å²) in [5.74, 6) is 0.723. The lowest BCUT2D eigenvalue weighted by Gasteiger charge is -2.05. The van der Waals surface area contributed by atoms with E-state index in [2.05, 4.69) is 10.2 Å². The van der Waals surface area contributed by atoms with E-state index in [-0.39, 0.29) is 5.97 Å². The molecular formula is C12H15N3O3. The highest BCUT2D eigenvalue weighted by Gasteiger charge is 2.13. The monoisotopic (exact) mass is 249 g/mol. The van der Waals surface area contributed by atoms with Gasteiger partial charge in [0.25, 0.3) is 0 Å². The molecule has 0 bridgehead atoms. The number of carbonyl (C=O) groups excluding carboxylic acids is 1.